The molecule has 3 heterocycles. The predicted molar refractivity (Wildman–Crippen MR) is 133 cm³/mol. The van der Waals surface area contributed by atoms with Crippen LogP contribution in [0.4, 0.5) is 5.69 Å². The summed E-state index contributed by atoms with van der Waals surface area (Å²) in [4.78, 5) is 7.78. The molecule has 13 nitrogen and oxygen atoms in total. The molecule has 0 saturated carbocycles. The summed E-state index contributed by atoms with van der Waals surface area (Å²) < 4.78 is 13.8. The molecule has 1 aliphatic rings. The van der Waals surface area contributed by atoms with Gasteiger partial charge in [0.25, 0.3) is 0 Å². The number of aliphatic hydroxyl groups excluding tert-OH is 4. The zero-order chi connectivity index (χ0) is 26.8. The summed E-state index contributed by atoms with van der Waals surface area (Å²) in [6.07, 6.45) is -2.39. The third-order valence-electron chi connectivity index (χ3n) is 6.05. The van der Waals surface area contributed by atoms with Crippen LogP contribution in [0, 0.1) is 12.0 Å². The first-order chi connectivity index (χ1) is 18.4. The fourth-order valence-corrected chi connectivity index (χ4v) is 3.93. The van der Waals surface area contributed by atoms with Crippen molar-refractivity contribution in [2.45, 2.75) is 30.7 Å². The van der Waals surface area contributed by atoms with Gasteiger partial charge in [-0.15, -0.1) is 0 Å². The van der Waals surface area contributed by atoms with Crippen molar-refractivity contribution in [2.75, 3.05) is 6.61 Å². The first-order valence-corrected chi connectivity index (χ1v) is 11.5. The van der Waals surface area contributed by atoms with Crippen LogP contribution >= 0.6 is 0 Å². The average molecular weight is 518 g/mol. The third-order valence-corrected chi connectivity index (χ3v) is 6.05. The average Bonchev–Trinajstić information content (AvgIpc) is 3.39. The number of hydrogen-bond acceptors (Lipinski definition) is 10. The SMILES string of the molecule is [C-]#[N+]c1ccc(-n2ncc3c(=N)n(/N=C/c4ccc(OC5OC(CO)C(O)C(O)C5O)cc4)cnc32)cc1. The van der Waals surface area contributed by atoms with E-state index in [1.54, 1.807) is 53.2 Å². The van der Waals surface area contributed by atoms with E-state index < -0.39 is 37.3 Å². The Kier molecular flexibility index (Phi) is 6.97. The molecule has 1 aliphatic heterocycles. The van der Waals surface area contributed by atoms with E-state index in [2.05, 4.69) is 20.0 Å². The minimum absolute atomic E-state index is 0.0813. The zero-order valence-corrected chi connectivity index (χ0v) is 19.7. The second-order valence-corrected chi connectivity index (χ2v) is 8.49. The summed E-state index contributed by atoms with van der Waals surface area (Å²) in [7, 11) is 0. The number of aliphatic hydroxyl groups is 4. The van der Waals surface area contributed by atoms with Crippen LogP contribution in [0.5, 0.6) is 5.75 Å². The van der Waals surface area contributed by atoms with Gasteiger partial charge in [-0.2, -0.15) is 10.2 Å². The largest absolute Gasteiger partial charge is 0.462 e. The van der Waals surface area contributed by atoms with Crippen LogP contribution in [0.3, 0.4) is 0 Å². The van der Waals surface area contributed by atoms with Gasteiger partial charge in [-0.1, -0.05) is 12.1 Å². The van der Waals surface area contributed by atoms with Gasteiger partial charge in [-0.25, -0.2) is 19.2 Å². The van der Waals surface area contributed by atoms with Gasteiger partial charge in [0.1, 0.15) is 36.5 Å². The molecule has 0 aliphatic carbocycles. The normalized spacial score (nSPS) is 23.5. The predicted octanol–water partition coefficient (Wildman–Crippen LogP) is 0.313. The van der Waals surface area contributed by atoms with Gasteiger partial charge in [0.05, 0.1) is 36.7 Å². The Morgan fingerprint density at radius 3 is 2.50 bits per heavy atom. The molecule has 0 amide bonds. The minimum atomic E-state index is -1.53. The molecule has 38 heavy (non-hydrogen) atoms. The highest BCUT2D eigenvalue weighted by Crippen LogP contribution is 2.24. The molecule has 13 heteroatoms. The summed E-state index contributed by atoms with van der Waals surface area (Å²) in [5.41, 5.74) is 2.46. The van der Waals surface area contributed by atoms with Crippen LogP contribution in [0.25, 0.3) is 21.6 Å². The fraction of sp³-hybridized carbons (Fsp3) is 0.240. The van der Waals surface area contributed by atoms with E-state index in [0.29, 0.717) is 33.7 Å². The Balaban J connectivity index is 1.30. The second kappa shape index (κ2) is 10.5. The van der Waals surface area contributed by atoms with Gasteiger partial charge in [0.15, 0.2) is 16.8 Å². The van der Waals surface area contributed by atoms with E-state index in [4.69, 9.17) is 21.5 Å². The van der Waals surface area contributed by atoms with Crippen LogP contribution in [0.2, 0.25) is 0 Å². The lowest BCUT2D eigenvalue weighted by molar-refractivity contribution is -0.277. The lowest BCUT2D eigenvalue weighted by atomic mass is 9.99. The zero-order valence-electron chi connectivity index (χ0n) is 19.7. The minimum Gasteiger partial charge on any atom is -0.462 e. The van der Waals surface area contributed by atoms with Crippen LogP contribution in [-0.2, 0) is 4.74 Å². The van der Waals surface area contributed by atoms with E-state index in [9.17, 15) is 20.4 Å². The fourth-order valence-electron chi connectivity index (χ4n) is 3.93. The molecule has 0 radical (unpaired) electrons. The van der Waals surface area contributed by atoms with Crippen molar-refractivity contribution in [1.82, 2.24) is 19.4 Å². The number of ether oxygens (including phenoxy) is 2. The van der Waals surface area contributed by atoms with Gasteiger partial charge >= 0.3 is 0 Å². The standard InChI is InChI=1S/C25H23N7O6/c1-27-15-4-6-16(7-5-15)32-24-18(11-30-32)23(26)31(13-28-24)29-10-14-2-8-17(9-3-14)37-25-22(36)21(35)20(34)19(12-33)38-25/h2-11,13,19-22,25-26,33-36H,12H2/b26-23?,29-10+. The highest BCUT2D eigenvalue weighted by molar-refractivity contribution is 5.80. The van der Waals surface area contributed by atoms with Crippen molar-refractivity contribution in [3.05, 3.63) is 83.5 Å². The van der Waals surface area contributed by atoms with Crippen molar-refractivity contribution < 1.29 is 29.9 Å². The molecule has 194 valence electrons. The van der Waals surface area contributed by atoms with Gasteiger partial charge in [-0.3, -0.25) is 5.41 Å². The summed E-state index contributed by atoms with van der Waals surface area (Å²) in [5, 5.41) is 56.9. The van der Waals surface area contributed by atoms with Gasteiger partial charge < -0.3 is 29.9 Å². The molecule has 1 fully saturated rings. The number of aromatic nitrogens is 4. The molecule has 4 aromatic rings. The molecule has 2 aromatic carbocycles. The van der Waals surface area contributed by atoms with Crippen molar-refractivity contribution in [3.63, 3.8) is 0 Å². The Morgan fingerprint density at radius 1 is 1.08 bits per heavy atom. The topological polar surface area (TPSA) is 176 Å². The van der Waals surface area contributed by atoms with Crippen molar-refractivity contribution in [3.8, 4) is 11.4 Å². The number of nitrogens with one attached hydrogen (secondary N) is 1. The third kappa shape index (κ3) is 4.77. The quantitative estimate of drug-likeness (QED) is 0.179. The monoisotopic (exact) mass is 517 g/mol. The van der Waals surface area contributed by atoms with Gasteiger partial charge in [-0.05, 0) is 42.0 Å². The van der Waals surface area contributed by atoms with Crippen molar-refractivity contribution in [2.24, 2.45) is 5.10 Å². The first kappa shape index (κ1) is 25.2. The first-order valence-electron chi connectivity index (χ1n) is 11.5. The maximum absolute atomic E-state index is 10.1. The Bertz CT molecular complexity index is 1560. The van der Waals surface area contributed by atoms with E-state index in [-0.39, 0.29) is 5.49 Å². The molecule has 5 atom stereocenters. The summed E-state index contributed by atoms with van der Waals surface area (Å²) in [5.74, 6) is 0.320. The van der Waals surface area contributed by atoms with E-state index in [1.807, 2.05) is 0 Å². The molecule has 5 N–H and O–H groups in total. The molecule has 5 rings (SSSR count). The van der Waals surface area contributed by atoms with Crippen molar-refractivity contribution in [1.29, 1.82) is 5.41 Å². The summed E-state index contributed by atoms with van der Waals surface area (Å²) in [6.45, 7) is 6.53. The molecule has 0 spiro atoms. The summed E-state index contributed by atoms with van der Waals surface area (Å²) >= 11 is 0. The second-order valence-electron chi connectivity index (χ2n) is 8.49. The number of nitrogens with zero attached hydrogens (tertiary/aromatic N) is 6. The van der Waals surface area contributed by atoms with Gasteiger partial charge in [0, 0.05) is 0 Å². The number of rotatable bonds is 6. The van der Waals surface area contributed by atoms with Crippen LogP contribution in [0.1, 0.15) is 5.56 Å². The van der Waals surface area contributed by atoms with E-state index >= 15 is 0 Å². The maximum Gasteiger partial charge on any atom is 0.229 e. The molecule has 1 saturated heterocycles. The number of hydrogen-bond donors (Lipinski definition) is 5. The molecule has 2 aromatic heterocycles. The number of fused-ring (bicyclic) bond motifs is 1. The highest BCUT2D eigenvalue weighted by atomic mass is 16.7. The highest BCUT2D eigenvalue weighted by Gasteiger charge is 2.44. The molecular formula is C25H23N7O6. The van der Waals surface area contributed by atoms with Crippen LogP contribution in [-0.4, -0.2) is 83.4 Å². The Hall–Kier alpha value is -4.45. The summed E-state index contributed by atoms with van der Waals surface area (Å²) in [6, 6.07) is 13.5. The van der Waals surface area contributed by atoms with Crippen molar-refractivity contribution >= 4 is 22.9 Å². The van der Waals surface area contributed by atoms with E-state index in [0.717, 1.165) is 0 Å². The van der Waals surface area contributed by atoms with Crippen LogP contribution < -0.4 is 10.2 Å². The van der Waals surface area contributed by atoms with Crippen LogP contribution in [0.15, 0.2) is 66.2 Å². The van der Waals surface area contributed by atoms with E-state index in [1.165, 1.54) is 23.4 Å². The molecule has 5 unspecified atom stereocenters. The maximum atomic E-state index is 10.1. The lowest BCUT2D eigenvalue weighted by Gasteiger charge is -2.39. The van der Waals surface area contributed by atoms with Gasteiger partial charge in [0.2, 0.25) is 6.29 Å². The number of benzene rings is 2. The Labute approximate surface area is 215 Å². The lowest BCUT2D eigenvalue weighted by Crippen LogP contribution is -2.60. The molecule has 0 bridgehead atoms. The smallest absolute Gasteiger partial charge is 0.229 e. The molecular weight excluding hydrogens is 494 g/mol. The Morgan fingerprint density at radius 2 is 1.82 bits per heavy atom.